The van der Waals surface area contributed by atoms with Crippen LogP contribution in [-0.4, -0.2) is 33.1 Å². The standard InChI is InChI=1S/C22H25FN2O2S/c23-16-10-12-19(13-11-16)27-14-18(26)15-28-22-24-20-8-4-5-9-21(20)25(22)17-6-2-1-3-7-17/h4-5,8-13,17-18,26H,1-3,6-7,14-15H2. The van der Waals surface area contributed by atoms with Gasteiger partial charge in [-0.05, 0) is 49.2 Å². The molecule has 3 aromatic rings. The molecule has 0 amide bonds. The van der Waals surface area contributed by atoms with Gasteiger partial charge in [0.1, 0.15) is 18.2 Å². The molecule has 6 heteroatoms. The molecule has 4 rings (SSSR count). The summed E-state index contributed by atoms with van der Waals surface area (Å²) < 4.78 is 20.9. The number of ether oxygens (including phenoxy) is 1. The summed E-state index contributed by atoms with van der Waals surface area (Å²) in [5.74, 6) is 0.752. The van der Waals surface area contributed by atoms with E-state index in [9.17, 15) is 9.50 Å². The summed E-state index contributed by atoms with van der Waals surface area (Å²) in [5.41, 5.74) is 2.18. The first-order valence-corrected chi connectivity index (χ1v) is 10.9. The molecule has 4 nitrogen and oxygen atoms in total. The number of thioether (sulfide) groups is 1. The van der Waals surface area contributed by atoms with Gasteiger partial charge in [0.15, 0.2) is 5.16 Å². The lowest BCUT2D eigenvalue weighted by Crippen LogP contribution is -2.21. The fourth-order valence-corrected chi connectivity index (χ4v) is 4.75. The summed E-state index contributed by atoms with van der Waals surface area (Å²) >= 11 is 1.57. The van der Waals surface area contributed by atoms with Gasteiger partial charge in [0, 0.05) is 11.8 Å². The van der Waals surface area contributed by atoms with E-state index < -0.39 is 6.10 Å². The molecule has 1 N–H and O–H groups in total. The van der Waals surface area contributed by atoms with Gasteiger partial charge in [-0.3, -0.25) is 0 Å². The highest BCUT2D eigenvalue weighted by molar-refractivity contribution is 7.99. The molecule has 0 radical (unpaired) electrons. The smallest absolute Gasteiger partial charge is 0.169 e. The van der Waals surface area contributed by atoms with Crippen molar-refractivity contribution in [3.05, 3.63) is 54.3 Å². The number of aliphatic hydroxyl groups excluding tert-OH is 1. The third-order valence-electron chi connectivity index (χ3n) is 5.16. The number of imidazole rings is 1. The second-order valence-electron chi connectivity index (χ2n) is 7.27. The largest absolute Gasteiger partial charge is 0.491 e. The van der Waals surface area contributed by atoms with Gasteiger partial charge in [-0.15, -0.1) is 0 Å². The molecular weight excluding hydrogens is 375 g/mol. The van der Waals surface area contributed by atoms with Gasteiger partial charge < -0.3 is 14.4 Å². The maximum Gasteiger partial charge on any atom is 0.169 e. The average molecular weight is 401 g/mol. The molecule has 1 fully saturated rings. The van der Waals surface area contributed by atoms with Crippen LogP contribution in [-0.2, 0) is 0 Å². The van der Waals surface area contributed by atoms with Crippen molar-refractivity contribution < 1.29 is 14.2 Å². The lowest BCUT2D eigenvalue weighted by molar-refractivity contribution is 0.126. The number of nitrogens with zero attached hydrogens (tertiary/aromatic N) is 2. The molecule has 0 aliphatic heterocycles. The van der Waals surface area contributed by atoms with Crippen LogP contribution in [0.2, 0.25) is 0 Å². The van der Waals surface area contributed by atoms with Gasteiger partial charge >= 0.3 is 0 Å². The summed E-state index contributed by atoms with van der Waals surface area (Å²) in [6.45, 7) is 0.169. The summed E-state index contributed by atoms with van der Waals surface area (Å²) in [4.78, 5) is 4.82. The molecule has 1 aliphatic carbocycles. The van der Waals surface area contributed by atoms with E-state index in [1.807, 2.05) is 12.1 Å². The van der Waals surface area contributed by atoms with E-state index >= 15 is 0 Å². The highest BCUT2D eigenvalue weighted by Gasteiger charge is 2.22. The fourth-order valence-electron chi connectivity index (χ4n) is 3.76. The van der Waals surface area contributed by atoms with Gasteiger partial charge in [0.25, 0.3) is 0 Å². The Morgan fingerprint density at radius 1 is 1.11 bits per heavy atom. The van der Waals surface area contributed by atoms with Crippen molar-refractivity contribution in [2.24, 2.45) is 0 Å². The number of aliphatic hydroxyl groups is 1. The van der Waals surface area contributed by atoms with Crippen molar-refractivity contribution in [2.75, 3.05) is 12.4 Å². The lowest BCUT2D eigenvalue weighted by Gasteiger charge is -2.25. The van der Waals surface area contributed by atoms with Crippen LogP contribution in [0.1, 0.15) is 38.1 Å². The zero-order chi connectivity index (χ0) is 19.3. The number of aromatic nitrogens is 2. The van der Waals surface area contributed by atoms with Crippen LogP contribution in [0, 0.1) is 5.82 Å². The Labute approximate surface area is 168 Å². The number of hydrogen-bond donors (Lipinski definition) is 1. The van der Waals surface area contributed by atoms with E-state index in [-0.39, 0.29) is 12.4 Å². The van der Waals surface area contributed by atoms with E-state index in [2.05, 4.69) is 16.7 Å². The van der Waals surface area contributed by atoms with Crippen LogP contribution in [0.4, 0.5) is 4.39 Å². The fraction of sp³-hybridized carbons (Fsp3) is 0.409. The van der Waals surface area contributed by atoms with Crippen molar-refractivity contribution in [3.63, 3.8) is 0 Å². The molecular formula is C22H25FN2O2S. The minimum atomic E-state index is -0.630. The second kappa shape index (κ2) is 8.97. The Bertz CT molecular complexity index is 907. The molecule has 1 atom stereocenters. The van der Waals surface area contributed by atoms with Crippen molar-refractivity contribution in [1.29, 1.82) is 0 Å². The topological polar surface area (TPSA) is 47.3 Å². The van der Waals surface area contributed by atoms with Gasteiger partial charge in [0.05, 0.1) is 17.1 Å². The van der Waals surface area contributed by atoms with Crippen LogP contribution in [0.15, 0.2) is 53.7 Å². The number of fused-ring (bicyclic) bond motifs is 1. The quantitative estimate of drug-likeness (QED) is 0.553. The zero-order valence-electron chi connectivity index (χ0n) is 15.8. The third-order valence-corrected chi connectivity index (χ3v) is 6.26. The molecule has 148 valence electrons. The second-order valence-corrected chi connectivity index (χ2v) is 8.26. The zero-order valence-corrected chi connectivity index (χ0v) is 16.6. The normalized spacial score (nSPS) is 16.4. The highest BCUT2D eigenvalue weighted by Crippen LogP contribution is 2.35. The van der Waals surface area contributed by atoms with Crippen molar-refractivity contribution in [1.82, 2.24) is 9.55 Å². The van der Waals surface area contributed by atoms with Crippen LogP contribution >= 0.6 is 11.8 Å². The first-order chi connectivity index (χ1) is 13.7. The molecule has 1 saturated carbocycles. The molecule has 1 heterocycles. The molecule has 0 saturated heterocycles. The maximum atomic E-state index is 13.0. The summed E-state index contributed by atoms with van der Waals surface area (Å²) in [5, 5.41) is 11.3. The summed E-state index contributed by atoms with van der Waals surface area (Å²) in [6.07, 6.45) is 5.57. The first-order valence-electron chi connectivity index (χ1n) is 9.87. The first kappa shape index (κ1) is 19.3. The number of para-hydroxylation sites is 2. The van der Waals surface area contributed by atoms with Crippen molar-refractivity contribution in [2.45, 2.75) is 49.4 Å². The lowest BCUT2D eigenvalue weighted by atomic mass is 9.95. The monoisotopic (exact) mass is 400 g/mol. The Morgan fingerprint density at radius 3 is 2.64 bits per heavy atom. The summed E-state index contributed by atoms with van der Waals surface area (Å²) in [7, 11) is 0. The van der Waals surface area contributed by atoms with E-state index in [4.69, 9.17) is 9.72 Å². The molecule has 2 aromatic carbocycles. The number of benzene rings is 2. The average Bonchev–Trinajstić information content (AvgIpc) is 3.11. The van der Waals surface area contributed by atoms with E-state index in [0.717, 1.165) is 10.7 Å². The Kier molecular flexibility index (Phi) is 6.17. The Balaban J connectivity index is 1.42. The number of rotatable bonds is 7. The van der Waals surface area contributed by atoms with Gasteiger partial charge in [-0.25, -0.2) is 9.37 Å². The number of halogens is 1. The van der Waals surface area contributed by atoms with Crippen LogP contribution < -0.4 is 4.74 Å². The van der Waals surface area contributed by atoms with Crippen LogP contribution in [0.3, 0.4) is 0 Å². The maximum absolute atomic E-state index is 13.0. The van der Waals surface area contributed by atoms with Crippen LogP contribution in [0.25, 0.3) is 11.0 Å². The van der Waals surface area contributed by atoms with Gasteiger partial charge in [0.2, 0.25) is 0 Å². The predicted molar refractivity (Wildman–Crippen MR) is 110 cm³/mol. The predicted octanol–water partition coefficient (Wildman–Crippen LogP) is 5.21. The highest BCUT2D eigenvalue weighted by atomic mass is 32.2. The molecule has 28 heavy (non-hydrogen) atoms. The SMILES string of the molecule is OC(COc1ccc(F)cc1)CSc1nc2ccccc2n1C1CCCCC1. The van der Waals surface area contributed by atoms with Crippen LogP contribution in [0.5, 0.6) is 5.75 Å². The Morgan fingerprint density at radius 2 is 1.86 bits per heavy atom. The Hall–Kier alpha value is -2.05. The third kappa shape index (κ3) is 4.50. The van der Waals surface area contributed by atoms with E-state index in [1.54, 1.807) is 23.9 Å². The molecule has 0 spiro atoms. The molecule has 0 bridgehead atoms. The minimum Gasteiger partial charge on any atom is -0.491 e. The summed E-state index contributed by atoms with van der Waals surface area (Å²) in [6, 6.07) is 14.6. The van der Waals surface area contributed by atoms with Crippen molar-refractivity contribution in [3.8, 4) is 5.75 Å². The number of hydrogen-bond acceptors (Lipinski definition) is 4. The molecule has 1 aromatic heterocycles. The van der Waals surface area contributed by atoms with Crippen molar-refractivity contribution >= 4 is 22.8 Å². The van der Waals surface area contributed by atoms with Gasteiger partial charge in [-0.2, -0.15) is 0 Å². The van der Waals surface area contributed by atoms with E-state index in [0.29, 0.717) is 17.5 Å². The van der Waals surface area contributed by atoms with Gasteiger partial charge in [-0.1, -0.05) is 43.2 Å². The molecule has 1 aliphatic rings. The minimum absolute atomic E-state index is 0.169. The van der Waals surface area contributed by atoms with E-state index in [1.165, 1.54) is 49.8 Å². The molecule has 1 unspecified atom stereocenters.